The summed E-state index contributed by atoms with van der Waals surface area (Å²) in [6, 6.07) is 74.6. The Kier molecular flexibility index (Phi) is 6.93. The van der Waals surface area contributed by atoms with Gasteiger partial charge in [-0.1, -0.05) is 115 Å². The lowest BCUT2D eigenvalue weighted by atomic mass is 9.96. The van der Waals surface area contributed by atoms with E-state index in [9.17, 15) is 0 Å². The SMILES string of the molecule is c1ccc(-n2c3ccccc3c3cc(-c4cccc(-c5ccc6c(c5)c5cc(-c7ccc8oc9ccccc9c8c7)ccc5n6-c5ccccc5)c4)ccc32)cc1. The van der Waals surface area contributed by atoms with Gasteiger partial charge in [-0.15, -0.1) is 0 Å². The first-order valence-electron chi connectivity index (χ1n) is 19.5. The highest BCUT2D eigenvalue weighted by atomic mass is 16.3. The minimum absolute atomic E-state index is 0.910. The third kappa shape index (κ3) is 4.99. The van der Waals surface area contributed by atoms with Crippen LogP contribution in [0.2, 0.25) is 0 Å². The third-order valence-electron chi connectivity index (χ3n) is 11.7. The van der Waals surface area contributed by atoms with E-state index in [-0.39, 0.29) is 0 Å². The molecule has 3 heteroatoms. The molecule has 0 atom stereocenters. The van der Waals surface area contributed by atoms with E-state index in [0.717, 1.165) is 27.6 Å². The molecule has 0 aliphatic rings. The number of nitrogens with zero attached hydrogens (tertiary/aromatic N) is 2. The lowest BCUT2D eigenvalue weighted by Crippen LogP contribution is -1.93. The van der Waals surface area contributed by atoms with Crippen molar-refractivity contribution in [3.8, 4) is 44.8 Å². The molecule has 0 radical (unpaired) electrons. The van der Waals surface area contributed by atoms with Gasteiger partial charge in [-0.25, -0.2) is 0 Å². The van der Waals surface area contributed by atoms with Crippen LogP contribution in [0.4, 0.5) is 0 Å². The van der Waals surface area contributed by atoms with Crippen molar-refractivity contribution < 1.29 is 4.42 Å². The van der Waals surface area contributed by atoms with Gasteiger partial charge in [0.25, 0.3) is 0 Å². The summed E-state index contributed by atoms with van der Waals surface area (Å²) in [4.78, 5) is 0. The number of hydrogen-bond donors (Lipinski definition) is 0. The molecular formula is C54H34N2O. The first-order valence-corrected chi connectivity index (χ1v) is 19.5. The highest BCUT2D eigenvalue weighted by molar-refractivity contribution is 6.13. The quantitative estimate of drug-likeness (QED) is 0.173. The summed E-state index contributed by atoms with van der Waals surface area (Å²) in [7, 11) is 0. The van der Waals surface area contributed by atoms with Gasteiger partial charge in [-0.3, -0.25) is 0 Å². The molecule has 3 nitrogen and oxygen atoms in total. The average molecular weight is 727 g/mol. The van der Waals surface area contributed by atoms with E-state index in [1.165, 1.54) is 82.7 Å². The molecule has 9 aromatic carbocycles. The van der Waals surface area contributed by atoms with E-state index in [1.54, 1.807) is 0 Å². The van der Waals surface area contributed by atoms with Crippen molar-refractivity contribution in [3.05, 3.63) is 206 Å². The maximum atomic E-state index is 6.16. The second-order valence-electron chi connectivity index (χ2n) is 14.9. The Labute approximate surface area is 328 Å². The lowest BCUT2D eigenvalue weighted by molar-refractivity contribution is 0.669. The zero-order valence-electron chi connectivity index (χ0n) is 30.9. The van der Waals surface area contributed by atoms with Crippen LogP contribution in [0.3, 0.4) is 0 Å². The van der Waals surface area contributed by atoms with E-state index in [2.05, 4.69) is 203 Å². The number of fused-ring (bicyclic) bond motifs is 9. The van der Waals surface area contributed by atoms with E-state index in [4.69, 9.17) is 4.42 Å². The smallest absolute Gasteiger partial charge is 0.135 e. The number of benzene rings is 9. The highest BCUT2D eigenvalue weighted by Crippen LogP contribution is 2.40. The van der Waals surface area contributed by atoms with Gasteiger partial charge in [0.2, 0.25) is 0 Å². The van der Waals surface area contributed by atoms with Crippen LogP contribution in [0.25, 0.3) is 110 Å². The minimum Gasteiger partial charge on any atom is -0.456 e. The first kappa shape index (κ1) is 31.7. The Hall–Kier alpha value is -7.62. The molecule has 3 heterocycles. The zero-order valence-corrected chi connectivity index (χ0v) is 30.9. The van der Waals surface area contributed by atoms with Crippen LogP contribution in [0.5, 0.6) is 0 Å². The fourth-order valence-electron chi connectivity index (χ4n) is 9.03. The predicted octanol–water partition coefficient (Wildman–Crippen LogP) is 14.8. The average Bonchev–Trinajstić information content (AvgIpc) is 3.93. The van der Waals surface area contributed by atoms with E-state index in [0.29, 0.717) is 0 Å². The van der Waals surface area contributed by atoms with Crippen LogP contribution in [-0.2, 0) is 0 Å². The standard InChI is InChI=1S/C54H34N2O/c1-3-14-41(15-4-1)55-49-20-9-7-18-43(49)45-31-37(22-26-50(45)55)35-12-11-13-36(30-35)38-23-27-51-46(32-38)47-33-39(24-28-52(47)56(51)42-16-5-2-6-17-42)40-25-29-54-48(34-40)44-19-8-10-21-53(44)57-54/h1-34H. The third-order valence-corrected chi connectivity index (χ3v) is 11.7. The zero-order chi connectivity index (χ0) is 37.5. The van der Waals surface area contributed by atoms with Crippen LogP contribution >= 0.6 is 0 Å². The number of hydrogen-bond acceptors (Lipinski definition) is 1. The Morgan fingerprint density at radius 1 is 0.246 bits per heavy atom. The second-order valence-corrected chi connectivity index (χ2v) is 14.9. The fraction of sp³-hybridized carbons (Fsp3) is 0. The van der Waals surface area contributed by atoms with Crippen LogP contribution < -0.4 is 0 Å². The summed E-state index contributed by atoms with van der Waals surface area (Å²) in [5, 5.41) is 7.24. The van der Waals surface area contributed by atoms with Crippen molar-refractivity contribution in [1.82, 2.24) is 9.13 Å². The number of furan rings is 1. The maximum Gasteiger partial charge on any atom is 0.135 e. The van der Waals surface area contributed by atoms with Gasteiger partial charge in [0.05, 0.1) is 22.1 Å². The molecule has 0 aliphatic carbocycles. The highest BCUT2D eigenvalue weighted by Gasteiger charge is 2.17. The first-order chi connectivity index (χ1) is 28.2. The second kappa shape index (κ2) is 12.5. The molecule has 0 saturated heterocycles. The summed E-state index contributed by atoms with van der Waals surface area (Å²) >= 11 is 0. The van der Waals surface area contributed by atoms with Crippen LogP contribution in [0.1, 0.15) is 0 Å². The van der Waals surface area contributed by atoms with Gasteiger partial charge in [0.15, 0.2) is 0 Å². The minimum atomic E-state index is 0.910. The summed E-state index contributed by atoms with van der Waals surface area (Å²) in [6.45, 7) is 0. The normalized spacial score (nSPS) is 11.9. The Morgan fingerprint density at radius 3 is 1.23 bits per heavy atom. The summed E-state index contributed by atoms with van der Waals surface area (Å²) in [5.74, 6) is 0. The van der Waals surface area contributed by atoms with Gasteiger partial charge in [0.1, 0.15) is 11.2 Å². The summed E-state index contributed by atoms with van der Waals surface area (Å²) < 4.78 is 10.9. The summed E-state index contributed by atoms with van der Waals surface area (Å²) in [5.41, 5.74) is 16.1. The van der Waals surface area contributed by atoms with Crippen LogP contribution in [-0.4, -0.2) is 9.13 Å². The van der Waals surface area contributed by atoms with Crippen LogP contribution in [0, 0.1) is 0 Å². The topological polar surface area (TPSA) is 23.0 Å². The molecule has 0 fully saturated rings. The molecular weight excluding hydrogens is 693 g/mol. The van der Waals surface area contributed by atoms with Gasteiger partial charge in [0, 0.05) is 43.7 Å². The largest absolute Gasteiger partial charge is 0.456 e. The number of rotatable bonds is 5. The van der Waals surface area contributed by atoms with Crippen LogP contribution in [0.15, 0.2) is 211 Å². The van der Waals surface area contributed by atoms with Crippen molar-refractivity contribution in [2.24, 2.45) is 0 Å². The molecule has 266 valence electrons. The maximum absolute atomic E-state index is 6.16. The van der Waals surface area contributed by atoms with Crippen molar-refractivity contribution in [3.63, 3.8) is 0 Å². The van der Waals surface area contributed by atoms with Gasteiger partial charge < -0.3 is 13.6 Å². The molecule has 12 rings (SSSR count). The molecule has 12 aromatic rings. The van der Waals surface area contributed by atoms with Crippen molar-refractivity contribution >= 4 is 65.6 Å². The Balaban J connectivity index is 1.00. The molecule has 0 amide bonds. The van der Waals surface area contributed by atoms with Crippen molar-refractivity contribution in [2.75, 3.05) is 0 Å². The van der Waals surface area contributed by atoms with E-state index < -0.39 is 0 Å². The molecule has 3 aromatic heterocycles. The lowest BCUT2D eigenvalue weighted by Gasteiger charge is -2.10. The van der Waals surface area contributed by atoms with Crippen molar-refractivity contribution in [2.45, 2.75) is 0 Å². The van der Waals surface area contributed by atoms with Gasteiger partial charge >= 0.3 is 0 Å². The van der Waals surface area contributed by atoms with Crippen molar-refractivity contribution in [1.29, 1.82) is 0 Å². The molecule has 57 heavy (non-hydrogen) atoms. The Bertz CT molecular complexity index is 3510. The number of aromatic nitrogens is 2. The molecule has 0 saturated carbocycles. The molecule has 0 unspecified atom stereocenters. The molecule has 0 aliphatic heterocycles. The number of para-hydroxylation sites is 4. The molecule has 0 spiro atoms. The summed E-state index contributed by atoms with van der Waals surface area (Å²) in [6.07, 6.45) is 0. The molecule has 0 bridgehead atoms. The van der Waals surface area contributed by atoms with E-state index in [1.807, 2.05) is 12.1 Å². The fourth-order valence-corrected chi connectivity index (χ4v) is 9.03. The van der Waals surface area contributed by atoms with Gasteiger partial charge in [-0.05, 0) is 124 Å². The predicted molar refractivity (Wildman–Crippen MR) is 239 cm³/mol. The van der Waals surface area contributed by atoms with E-state index >= 15 is 0 Å². The van der Waals surface area contributed by atoms with Gasteiger partial charge in [-0.2, -0.15) is 0 Å². The monoisotopic (exact) mass is 726 g/mol. The molecule has 0 N–H and O–H groups in total. The Morgan fingerprint density at radius 2 is 0.649 bits per heavy atom.